The molecule has 7 heteroatoms. The lowest BCUT2D eigenvalue weighted by Gasteiger charge is -2.29. The Morgan fingerprint density at radius 2 is 2.15 bits per heavy atom. The topological polar surface area (TPSA) is 92.5 Å². The van der Waals surface area contributed by atoms with Crippen molar-refractivity contribution >= 4 is 30.4 Å². The number of hydrogen-bond acceptors (Lipinski definition) is 5. The number of thiol groups is 1. The quantitative estimate of drug-likeness (QED) is 0.473. The van der Waals surface area contributed by atoms with Crippen LogP contribution in [0.25, 0.3) is 0 Å². The maximum atomic E-state index is 12.5. The number of nitrogens with two attached hydrogens (primary N) is 1. The summed E-state index contributed by atoms with van der Waals surface area (Å²) in [5, 5.41) is 2.60. The van der Waals surface area contributed by atoms with Crippen LogP contribution in [0.3, 0.4) is 0 Å². The van der Waals surface area contributed by atoms with Crippen LogP contribution >= 0.6 is 12.6 Å². The van der Waals surface area contributed by atoms with Gasteiger partial charge in [-0.05, 0) is 20.3 Å². The molecular weight excluding hydrogens is 278 g/mol. The maximum Gasteiger partial charge on any atom is 0.244 e. The number of amides is 3. The van der Waals surface area contributed by atoms with Crippen molar-refractivity contribution < 1.29 is 14.4 Å². The third kappa shape index (κ3) is 3.15. The maximum absolute atomic E-state index is 12.5. The van der Waals surface area contributed by atoms with Gasteiger partial charge in [-0.1, -0.05) is 6.92 Å². The Morgan fingerprint density at radius 3 is 2.60 bits per heavy atom. The van der Waals surface area contributed by atoms with Crippen molar-refractivity contribution in [3.8, 4) is 0 Å². The second-order valence-electron chi connectivity index (χ2n) is 5.22. The van der Waals surface area contributed by atoms with E-state index in [0.717, 1.165) is 4.90 Å². The highest BCUT2D eigenvalue weighted by atomic mass is 32.1. The molecule has 0 saturated carbocycles. The average molecular weight is 301 g/mol. The molecule has 1 aliphatic heterocycles. The highest BCUT2D eigenvalue weighted by Gasteiger charge is 2.49. The number of likely N-dealkylation sites (N-methyl/N-ethyl adjacent to an activating group) is 1. The molecule has 3 unspecified atom stereocenters. The molecule has 3 N–H and O–H groups in total. The number of carbonyl (C=O) groups excluding carboxylic acids is 3. The van der Waals surface area contributed by atoms with Gasteiger partial charge in [-0.3, -0.25) is 19.3 Å². The largest absolute Gasteiger partial charge is 0.355 e. The van der Waals surface area contributed by atoms with Gasteiger partial charge < -0.3 is 11.1 Å². The SMILES string of the molecule is CCNC(=O)C(CN)N1C(=O)CC(C(C)(S)CC)C1=O. The third-order valence-corrected chi connectivity index (χ3v) is 4.47. The minimum absolute atomic E-state index is 0.0779. The summed E-state index contributed by atoms with van der Waals surface area (Å²) in [7, 11) is 0. The van der Waals surface area contributed by atoms with Gasteiger partial charge in [0.1, 0.15) is 6.04 Å². The van der Waals surface area contributed by atoms with E-state index in [1.807, 2.05) is 13.8 Å². The van der Waals surface area contributed by atoms with Gasteiger partial charge in [0, 0.05) is 24.3 Å². The number of rotatable bonds is 6. The molecule has 114 valence electrons. The van der Waals surface area contributed by atoms with Gasteiger partial charge in [-0.25, -0.2) is 0 Å². The predicted molar refractivity (Wildman–Crippen MR) is 79.2 cm³/mol. The second kappa shape index (κ2) is 6.58. The zero-order valence-corrected chi connectivity index (χ0v) is 13.1. The number of imide groups is 1. The molecule has 0 spiro atoms. The number of likely N-dealkylation sites (tertiary alicyclic amines) is 1. The van der Waals surface area contributed by atoms with Crippen LogP contribution in [0.15, 0.2) is 0 Å². The van der Waals surface area contributed by atoms with Gasteiger partial charge >= 0.3 is 0 Å². The van der Waals surface area contributed by atoms with Crippen LogP contribution in [0.4, 0.5) is 0 Å². The normalized spacial score (nSPS) is 23.6. The van der Waals surface area contributed by atoms with Crippen molar-refractivity contribution in [2.24, 2.45) is 11.7 Å². The predicted octanol–water partition coefficient (Wildman–Crippen LogP) is -0.0766. The van der Waals surface area contributed by atoms with Gasteiger partial charge in [0.05, 0.1) is 5.92 Å². The summed E-state index contributed by atoms with van der Waals surface area (Å²) in [5.74, 6) is -1.60. The van der Waals surface area contributed by atoms with E-state index in [1.165, 1.54) is 0 Å². The van der Waals surface area contributed by atoms with Crippen molar-refractivity contribution in [2.75, 3.05) is 13.1 Å². The van der Waals surface area contributed by atoms with Gasteiger partial charge in [0.2, 0.25) is 17.7 Å². The van der Waals surface area contributed by atoms with Crippen molar-refractivity contribution in [1.29, 1.82) is 0 Å². The van der Waals surface area contributed by atoms with Crippen molar-refractivity contribution in [3.05, 3.63) is 0 Å². The Bertz CT molecular complexity index is 412. The molecule has 0 aromatic carbocycles. The highest BCUT2D eigenvalue weighted by molar-refractivity contribution is 7.81. The molecule has 1 aliphatic rings. The number of nitrogens with zero attached hydrogens (tertiary/aromatic N) is 1. The first-order valence-corrected chi connectivity index (χ1v) is 7.30. The average Bonchev–Trinajstić information content (AvgIpc) is 2.69. The minimum Gasteiger partial charge on any atom is -0.355 e. The molecule has 6 nitrogen and oxygen atoms in total. The van der Waals surface area contributed by atoms with E-state index >= 15 is 0 Å². The summed E-state index contributed by atoms with van der Waals surface area (Å²) in [6.45, 7) is 5.86. The van der Waals surface area contributed by atoms with E-state index in [2.05, 4.69) is 17.9 Å². The first-order chi connectivity index (χ1) is 9.30. The molecule has 1 saturated heterocycles. The first-order valence-electron chi connectivity index (χ1n) is 6.86. The summed E-state index contributed by atoms with van der Waals surface area (Å²) in [5.41, 5.74) is 5.57. The monoisotopic (exact) mass is 301 g/mol. The van der Waals surface area contributed by atoms with Crippen molar-refractivity contribution in [1.82, 2.24) is 10.2 Å². The number of carbonyl (C=O) groups is 3. The summed E-state index contributed by atoms with van der Waals surface area (Å²) < 4.78 is -0.568. The van der Waals surface area contributed by atoms with E-state index in [1.54, 1.807) is 6.92 Å². The van der Waals surface area contributed by atoms with Crippen LogP contribution in [0.2, 0.25) is 0 Å². The molecule has 20 heavy (non-hydrogen) atoms. The zero-order valence-electron chi connectivity index (χ0n) is 12.2. The Hall–Kier alpha value is -1.08. The fourth-order valence-corrected chi connectivity index (χ4v) is 2.53. The lowest BCUT2D eigenvalue weighted by molar-refractivity contribution is -0.147. The van der Waals surface area contributed by atoms with E-state index in [-0.39, 0.29) is 24.8 Å². The highest BCUT2D eigenvalue weighted by Crippen LogP contribution is 2.37. The summed E-state index contributed by atoms with van der Waals surface area (Å²) in [6.07, 6.45) is 0.741. The standard InChI is InChI=1S/C13H23N3O3S/c1-4-13(3,20)8-6-10(17)16(12(8)19)9(7-14)11(18)15-5-2/h8-9,20H,4-7,14H2,1-3H3,(H,15,18). The molecule has 1 heterocycles. The van der Waals surface area contributed by atoms with Crippen LogP contribution in [0.1, 0.15) is 33.6 Å². The zero-order chi connectivity index (χ0) is 15.5. The summed E-state index contributed by atoms with van der Waals surface area (Å²) in [4.78, 5) is 37.5. The Kier molecular flexibility index (Phi) is 5.59. The van der Waals surface area contributed by atoms with E-state index in [0.29, 0.717) is 13.0 Å². The molecule has 0 aromatic rings. The van der Waals surface area contributed by atoms with Crippen molar-refractivity contribution in [3.63, 3.8) is 0 Å². The van der Waals surface area contributed by atoms with Crippen LogP contribution in [-0.4, -0.2) is 46.5 Å². The molecule has 0 bridgehead atoms. The lowest BCUT2D eigenvalue weighted by atomic mass is 9.89. The molecule has 0 aliphatic carbocycles. The number of hydrogen-bond donors (Lipinski definition) is 3. The van der Waals surface area contributed by atoms with Gasteiger partial charge in [-0.15, -0.1) is 0 Å². The first kappa shape index (κ1) is 17.0. The Balaban J connectivity index is 2.99. The Morgan fingerprint density at radius 1 is 1.55 bits per heavy atom. The van der Waals surface area contributed by atoms with Gasteiger partial charge in [0.15, 0.2) is 0 Å². The van der Waals surface area contributed by atoms with Crippen LogP contribution in [0.5, 0.6) is 0 Å². The van der Waals surface area contributed by atoms with Gasteiger partial charge in [-0.2, -0.15) is 12.6 Å². The molecule has 0 radical (unpaired) electrons. The van der Waals surface area contributed by atoms with E-state index in [9.17, 15) is 14.4 Å². The van der Waals surface area contributed by atoms with E-state index in [4.69, 9.17) is 5.73 Å². The molecule has 1 fully saturated rings. The smallest absolute Gasteiger partial charge is 0.244 e. The fraction of sp³-hybridized carbons (Fsp3) is 0.769. The van der Waals surface area contributed by atoms with Crippen LogP contribution in [-0.2, 0) is 14.4 Å². The molecular formula is C13H23N3O3S. The van der Waals surface area contributed by atoms with E-state index < -0.39 is 22.6 Å². The second-order valence-corrected chi connectivity index (χ2v) is 6.24. The van der Waals surface area contributed by atoms with Crippen molar-refractivity contribution in [2.45, 2.75) is 44.4 Å². The van der Waals surface area contributed by atoms with Gasteiger partial charge in [0.25, 0.3) is 0 Å². The minimum atomic E-state index is -0.930. The fourth-order valence-electron chi connectivity index (χ4n) is 2.33. The summed E-state index contributed by atoms with van der Waals surface area (Å²) >= 11 is 4.48. The number of nitrogens with one attached hydrogen (secondary N) is 1. The Labute approximate surface area is 124 Å². The lowest BCUT2D eigenvalue weighted by Crippen LogP contribution is -2.54. The summed E-state index contributed by atoms with van der Waals surface area (Å²) in [6, 6.07) is -0.930. The van der Waals surface area contributed by atoms with Crippen LogP contribution < -0.4 is 11.1 Å². The molecule has 0 aromatic heterocycles. The molecule has 1 rings (SSSR count). The third-order valence-electron chi connectivity index (χ3n) is 3.84. The molecule has 3 atom stereocenters. The van der Waals surface area contributed by atoms with Crippen LogP contribution in [0, 0.1) is 5.92 Å². The molecule has 3 amide bonds.